The molecular weight excluding hydrogens is 213 g/mol. The summed E-state index contributed by atoms with van der Waals surface area (Å²) in [6, 6.07) is 0. The van der Waals surface area contributed by atoms with Gasteiger partial charge in [0.15, 0.2) is 0 Å². The van der Waals surface area contributed by atoms with Gasteiger partial charge in [-0.25, -0.2) is 0 Å². The van der Waals surface area contributed by atoms with Crippen molar-refractivity contribution in [3.05, 3.63) is 0 Å². The molecule has 0 unspecified atom stereocenters. The molecule has 1 heterocycles. The predicted molar refractivity (Wildman–Crippen MR) is 44.5 cm³/mol. The maximum Gasteiger partial charge on any atom is 0.00246 e. The van der Waals surface area contributed by atoms with E-state index in [0.29, 0.717) is 0 Å². The van der Waals surface area contributed by atoms with E-state index >= 15 is 0 Å². The van der Waals surface area contributed by atoms with Crippen molar-refractivity contribution in [2.75, 3.05) is 17.5 Å². The summed E-state index contributed by atoms with van der Waals surface area (Å²) < 4.78 is 1.35. The summed E-state index contributed by atoms with van der Waals surface area (Å²) in [6.07, 6.45) is 2.78. The van der Waals surface area contributed by atoms with Crippen molar-refractivity contribution < 1.29 is 0 Å². The smallest absolute Gasteiger partial charge is 0.00246 e. The van der Waals surface area contributed by atoms with Gasteiger partial charge in [-0.3, -0.25) is 0 Å². The van der Waals surface area contributed by atoms with Crippen LogP contribution in [0.15, 0.2) is 0 Å². The summed E-state index contributed by atoms with van der Waals surface area (Å²) in [6.45, 7) is 2.49. The fourth-order valence-corrected chi connectivity index (χ4v) is 1.92. The van der Waals surface area contributed by atoms with Gasteiger partial charge < -0.3 is 5.32 Å². The topological polar surface area (TPSA) is 12.0 Å². The molecule has 0 saturated carbocycles. The van der Waals surface area contributed by atoms with Crippen molar-refractivity contribution in [1.82, 2.24) is 5.32 Å². The third-order valence-corrected chi connectivity index (χ3v) is 2.92. The number of hydrogen-bond donors (Lipinski definition) is 1. The van der Waals surface area contributed by atoms with E-state index in [1.807, 2.05) is 0 Å². The first-order chi connectivity index (χ1) is 3.93. The van der Waals surface area contributed by atoms with Gasteiger partial charge >= 0.3 is 0 Å². The van der Waals surface area contributed by atoms with Crippen LogP contribution in [0.3, 0.4) is 0 Å². The molecular formula is C6H12IN. The standard InChI is InChI=1S/C6H12IN/c7-5-6-1-3-8-4-2-6/h6,8H,1-5H2. The molecule has 1 saturated heterocycles. The lowest BCUT2D eigenvalue weighted by molar-refractivity contribution is 0.412. The van der Waals surface area contributed by atoms with Crippen molar-refractivity contribution in [3.63, 3.8) is 0 Å². The molecule has 1 aliphatic heterocycles. The summed E-state index contributed by atoms with van der Waals surface area (Å²) in [4.78, 5) is 0. The largest absolute Gasteiger partial charge is 0.317 e. The molecule has 0 bridgehead atoms. The maximum absolute atomic E-state index is 3.35. The minimum absolute atomic E-state index is 1.01. The van der Waals surface area contributed by atoms with Crippen LogP contribution in [0, 0.1) is 5.92 Å². The van der Waals surface area contributed by atoms with E-state index in [1.54, 1.807) is 0 Å². The zero-order valence-electron chi connectivity index (χ0n) is 4.99. The molecule has 0 aromatic carbocycles. The third kappa shape index (κ3) is 1.90. The third-order valence-electron chi connectivity index (χ3n) is 1.68. The van der Waals surface area contributed by atoms with Gasteiger partial charge in [0.25, 0.3) is 0 Å². The Labute approximate surface area is 64.4 Å². The van der Waals surface area contributed by atoms with Gasteiger partial charge in [0, 0.05) is 4.43 Å². The molecule has 1 rings (SSSR count). The highest BCUT2D eigenvalue weighted by atomic mass is 127. The molecule has 0 amide bonds. The van der Waals surface area contributed by atoms with Gasteiger partial charge in [-0.1, -0.05) is 22.6 Å². The van der Waals surface area contributed by atoms with Gasteiger partial charge in [0.1, 0.15) is 0 Å². The number of piperidine rings is 1. The molecule has 0 radical (unpaired) electrons. The molecule has 0 aromatic heterocycles. The Morgan fingerprint density at radius 3 is 2.38 bits per heavy atom. The summed E-state index contributed by atoms with van der Waals surface area (Å²) in [5.74, 6) is 1.01. The van der Waals surface area contributed by atoms with Gasteiger partial charge in [0.2, 0.25) is 0 Å². The zero-order valence-corrected chi connectivity index (χ0v) is 7.15. The lowest BCUT2D eigenvalue weighted by Crippen LogP contribution is -2.28. The summed E-state index contributed by atoms with van der Waals surface area (Å²) >= 11 is 2.48. The Balaban J connectivity index is 2.13. The fraction of sp³-hybridized carbons (Fsp3) is 1.00. The Morgan fingerprint density at radius 1 is 1.38 bits per heavy atom. The Kier molecular flexibility index (Phi) is 3.12. The van der Waals surface area contributed by atoms with Gasteiger partial charge in [-0.15, -0.1) is 0 Å². The minimum Gasteiger partial charge on any atom is -0.317 e. The van der Waals surface area contributed by atoms with Crippen LogP contribution in [-0.4, -0.2) is 17.5 Å². The average molecular weight is 225 g/mol. The summed E-state index contributed by atoms with van der Waals surface area (Å²) in [7, 11) is 0. The Bertz CT molecular complexity index is 59.5. The number of alkyl halides is 1. The molecule has 48 valence electrons. The van der Waals surface area contributed by atoms with Crippen molar-refractivity contribution in [2.24, 2.45) is 5.92 Å². The summed E-state index contributed by atoms with van der Waals surface area (Å²) in [5.41, 5.74) is 0. The second-order valence-corrected chi connectivity index (χ2v) is 3.23. The molecule has 1 nitrogen and oxygen atoms in total. The van der Waals surface area contributed by atoms with E-state index in [2.05, 4.69) is 27.9 Å². The van der Waals surface area contributed by atoms with Crippen LogP contribution in [0.4, 0.5) is 0 Å². The van der Waals surface area contributed by atoms with E-state index < -0.39 is 0 Å². The molecule has 0 aliphatic carbocycles. The van der Waals surface area contributed by atoms with E-state index in [9.17, 15) is 0 Å². The second kappa shape index (κ2) is 3.67. The maximum atomic E-state index is 3.35. The molecule has 0 spiro atoms. The van der Waals surface area contributed by atoms with Gasteiger partial charge in [0.05, 0.1) is 0 Å². The van der Waals surface area contributed by atoms with Crippen molar-refractivity contribution in [3.8, 4) is 0 Å². The van der Waals surface area contributed by atoms with Gasteiger partial charge in [-0.2, -0.15) is 0 Å². The number of hydrogen-bond acceptors (Lipinski definition) is 1. The van der Waals surface area contributed by atoms with Crippen LogP contribution in [0.1, 0.15) is 12.8 Å². The first-order valence-corrected chi connectivity index (χ1v) is 4.72. The molecule has 2 heteroatoms. The quantitative estimate of drug-likeness (QED) is 0.525. The van der Waals surface area contributed by atoms with Gasteiger partial charge in [-0.05, 0) is 31.8 Å². The van der Waals surface area contributed by atoms with Crippen molar-refractivity contribution in [1.29, 1.82) is 0 Å². The first-order valence-electron chi connectivity index (χ1n) is 3.20. The van der Waals surface area contributed by atoms with E-state index in [0.717, 1.165) is 5.92 Å². The highest BCUT2D eigenvalue weighted by Gasteiger charge is 2.09. The predicted octanol–water partition coefficient (Wildman–Crippen LogP) is 1.42. The lowest BCUT2D eigenvalue weighted by Gasteiger charge is -2.19. The monoisotopic (exact) mass is 225 g/mol. The zero-order chi connectivity index (χ0) is 5.82. The van der Waals surface area contributed by atoms with E-state index in [1.165, 1.54) is 30.4 Å². The fourth-order valence-electron chi connectivity index (χ4n) is 1.04. The Morgan fingerprint density at radius 2 is 2.00 bits per heavy atom. The molecule has 1 aliphatic rings. The van der Waals surface area contributed by atoms with Crippen LogP contribution < -0.4 is 5.32 Å². The molecule has 1 N–H and O–H groups in total. The molecule has 8 heavy (non-hydrogen) atoms. The molecule has 1 fully saturated rings. The van der Waals surface area contributed by atoms with Crippen LogP contribution in [-0.2, 0) is 0 Å². The van der Waals surface area contributed by atoms with Crippen LogP contribution in [0.5, 0.6) is 0 Å². The molecule has 0 atom stereocenters. The lowest BCUT2D eigenvalue weighted by atomic mass is 10.0. The number of halogens is 1. The van der Waals surface area contributed by atoms with E-state index in [-0.39, 0.29) is 0 Å². The molecule has 0 aromatic rings. The highest BCUT2D eigenvalue weighted by Crippen LogP contribution is 2.13. The first kappa shape index (κ1) is 6.81. The highest BCUT2D eigenvalue weighted by molar-refractivity contribution is 14.1. The van der Waals surface area contributed by atoms with Crippen molar-refractivity contribution >= 4 is 22.6 Å². The number of rotatable bonds is 1. The minimum atomic E-state index is 1.01. The second-order valence-electron chi connectivity index (χ2n) is 2.35. The van der Waals surface area contributed by atoms with Crippen LogP contribution in [0.25, 0.3) is 0 Å². The van der Waals surface area contributed by atoms with Crippen LogP contribution in [0.2, 0.25) is 0 Å². The average Bonchev–Trinajstić information content (AvgIpc) is 1.90. The Hall–Kier alpha value is 0.690. The normalized spacial score (nSPS) is 23.6. The summed E-state index contributed by atoms with van der Waals surface area (Å²) in [5, 5.41) is 3.35. The number of nitrogens with one attached hydrogen (secondary N) is 1. The SMILES string of the molecule is ICC1CCNCC1. The van der Waals surface area contributed by atoms with Crippen LogP contribution >= 0.6 is 22.6 Å². The van der Waals surface area contributed by atoms with Crippen molar-refractivity contribution in [2.45, 2.75) is 12.8 Å². The van der Waals surface area contributed by atoms with E-state index in [4.69, 9.17) is 0 Å².